The predicted octanol–water partition coefficient (Wildman–Crippen LogP) is 8.03. The van der Waals surface area contributed by atoms with E-state index in [0.29, 0.717) is 17.5 Å². The van der Waals surface area contributed by atoms with Crippen LogP contribution in [0.2, 0.25) is 0 Å². The van der Waals surface area contributed by atoms with E-state index in [1.54, 1.807) is 0 Å². The van der Waals surface area contributed by atoms with Crippen molar-refractivity contribution >= 4 is 11.1 Å². The van der Waals surface area contributed by atoms with Crippen LogP contribution in [0.4, 0.5) is 0 Å². The number of hydrogen-bond donors (Lipinski definition) is 0. The summed E-state index contributed by atoms with van der Waals surface area (Å²) in [6.07, 6.45) is 0. The zero-order valence-electron chi connectivity index (χ0n) is 18.2. The van der Waals surface area contributed by atoms with E-state index in [9.17, 15) is 0 Å². The van der Waals surface area contributed by atoms with Crippen LogP contribution in [-0.2, 0) is 0 Å². The minimum atomic E-state index is 0.478. The largest absolute Gasteiger partial charge is 0.438 e. The first-order chi connectivity index (χ1) is 13.8. The lowest BCUT2D eigenvalue weighted by Gasteiger charge is -2.13. The molecule has 4 rings (SSSR count). The Bertz CT molecular complexity index is 1130. The average Bonchev–Trinajstić information content (AvgIpc) is 3.10. The number of pyridine rings is 1. The monoisotopic (exact) mass is 383 g/mol. The zero-order chi connectivity index (χ0) is 20.7. The molecule has 148 valence electrons. The maximum atomic E-state index is 6.24. The van der Waals surface area contributed by atoms with Gasteiger partial charge in [-0.15, -0.1) is 0 Å². The highest BCUT2D eigenvalue weighted by molar-refractivity contribution is 5.82. The Morgan fingerprint density at radius 3 is 1.90 bits per heavy atom. The lowest BCUT2D eigenvalue weighted by molar-refractivity contribution is 0.618. The number of fused-ring (bicyclic) bond motifs is 1. The summed E-state index contributed by atoms with van der Waals surface area (Å²) in [5, 5.41) is 1.04. The second-order valence-electron chi connectivity index (χ2n) is 8.78. The predicted molar refractivity (Wildman–Crippen MR) is 123 cm³/mol. The van der Waals surface area contributed by atoms with E-state index in [4.69, 9.17) is 9.40 Å². The molecule has 0 radical (unpaired) electrons. The first-order valence-corrected chi connectivity index (χ1v) is 10.4. The summed E-state index contributed by atoms with van der Waals surface area (Å²) in [6.45, 7) is 13.2. The molecule has 0 saturated carbocycles. The minimum Gasteiger partial charge on any atom is -0.438 e. The molecule has 29 heavy (non-hydrogen) atoms. The molecule has 0 N–H and O–H groups in total. The first kappa shape index (κ1) is 19.4. The summed E-state index contributed by atoms with van der Waals surface area (Å²) in [6, 6.07) is 19.6. The average molecular weight is 384 g/mol. The van der Waals surface area contributed by atoms with Crippen molar-refractivity contribution in [2.75, 3.05) is 0 Å². The van der Waals surface area contributed by atoms with Gasteiger partial charge < -0.3 is 4.42 Å². The molecule has 4 aromatic rings. The number of furan rings is 1. The summed E-state index contributed by atoms with van der Waals surface area (Å²) in [7, 11) is 0. The van der Waals surface area contributed by atoms with Gasteiger partial charge in [0.1, 0.15) is 5.76 Å². The fourth-order valence-corrected chi connectivity index (χ4v) is 3.83. The van der Waals surface area contributed by atoms with Crippen molar-refractivity contribution in [1.29, 1.82) is 0 Å². The van der Waals surface area contributed by atoms with Gasteiger partial charge in [0.2, 0.25) is 5.71 Å². The highest BCUT2D eigenvalue weighted by Gasteiger charge is 2.13. The third-order valence-electron chi connectivity index (χ3n) is 5.50. The van der Waals surface area contributed by atoms with Crippen LogP contribution in [0.25, 0.3) is 33.7 Å². The molecule has 0 aliphatic carbocycles. The van der Waals surface area contributed by atoms with E-state index >= 15 is 0 Å². The maximum absolute atomic E-state index is 6.24. The van der Waals surface area contributed by atoms with E-state index in [1.807, 2.05) is 0 Å². The minimum absolute atomic E-state index is 0.478. The van der Waals surface area contributed by atoms with Gasteiger partial charge in [-0.2, -0.15) is 0 Å². The molecule has 0 spiro atoms. The summed E-state index contributed by atoms with van der Waals surface area (Å²) < 4.78 is 6.24. The van der Waals surface area contributed by atoms with Crippen LogP contribution in [-0.4, -0.2) is 4.98 Å². The Kier molecular flexibility index (Phi) is 5.04. The molecule has 0 amide bonds. The Morgan fingerprint density at radius 2 is 1.31 bits per heavy atom. The van der Waals surface area contributed by atoms with Crippen molar-refractivity contribution < 1.29 is 4.42 Å². The number of benzene rings is 2. The molecular weight excluding hydrogens is 354 g/mol. The Morgan fingerprint density at radius 1 is 0.690 bits per heavy atom. The van der Waals surface area contributed by atoms with Crippen LogP contribution in [0.15, 0.2) is 59.0 Å². The fourth-order valence-electron chi connectivity index (χ4n) is 3.83. The zero-order valence-corrected chi connectivity index (χ0v) is 18.2. The standard InChI is InChI=1S/C27H29NO/c1-16(2)21-12-22(17(3)4)14-24(13-21)26-15-20-7-8-25(28-27(20)29-26)23-10-18(5)9-19(6)11-23/h7-17H,1-6H3. The van der Waals surface area contributed by atoms with Gasteiger partial charge in [0, 0.05) is 16.5 Å². The van der Waals surface area contributed by atoms with Gasteiger partial charge in [0.15, 0.2) is 0 Å². The van der Waals surface area contributed by atoms with Gasteiger partial charge >= 0.3 is 0 Å². The van der Waals surface area contributed by atoms with Crippen molar-refractivity contribution in [3.8, 4) is 22.6 Å². The first-order valence-electron chi connectivity index (χ1n) is 10.4. The number of rotatable bonds is 4. The van der Waals surface area contributed by atoms with Crippen LogP contribution in [0.5, 0.6) is 0 Å². The summed E-state index contributed by atoms with van der Waals surface area (Å²) in [5.41, 5.74) is 9.08. The van der Waals surface area contributed by atoms with Gasteiger partial charge in [-0.05, 0) is 79.3 Å². The summed E-state index contributed by atoms with van der Waals surface area (Å²) in [5.74, 6) is 1.84. The number of aryl methyl sites for hydroxylation is 2. The molecule has 2 heterocycles. The molecule has 0 saturated heterocycles. The maximum Gasteiger partial charge on any atom is 0.227 e. The third-order valence-corrected chi connectivity index (χ3v) is 5.50. The van der Waals surface area contributed by atoms with E-state index < -0.39 is 0 Å². The molecule has 0 aliphatic heterocycles. The van der Waals surface area contributed by atoms with E-state index in [1.165, 1.54) is 22.3 Å². The molecule has 2 nitrogen and oxygen atoms in total. The van der Waals surface area contributed by atoms with Crippen LogP contribution < -0.4 is 0 Å². The lowest BCUT2D eigenvalue weighted by atomic mass is 9.92. The molecule has 0 bridgehead atoms. The molecular formula is C27H29NO. The summed E-state index contributed by atoms with van der Waals surface area (Å²) in [4.78, 5) is 4.82. The molecule has 0 unspecified atom stereocenters. The SMILES string of the molecule is Cc1cc(C)cc(-c2ccc3cc(-c4cc(C(C)C)cc(C(C)C)c4)oc3n2)c1. The van der Waals surface area contributed by atoms with Crippen LogP contribution in [0, 0.1) is 13.8 Å². The second-order valence-corrected chi connectivity index (χ2v) is 8.78. The topological polar surface area (TPSA) is 26.0 Å². The van der Waals surface area contributed by atoms with Crippen LogP contribution in [0.1, 0.15) is 61.8 Å². The molecule has 0 fully saturated rings. The number of hydrogen-bond acceptors (Lipinski definition) is 2. The van der Waals surface area contributed by atoms with Crippen molar-refractivity contribution in [3.05, 3.63) is 76.9 Å². The van der Waals surface area contributed by atoms with Gasteiger partial charge in [0.25, 0.3) is 0 Å². The van der Waals surface area contributed by atoms with Crippen LogP contribution in [0.3, 0.4) is 0 Å². The second kappa shape index (κ2) is 7.51. The highest BCUT2D eigenvalue weighted by atomic mass is 16.3. The normalized spacial score (nSPS) is 11.7. The van der Waals surface area contributed by atoms with Crippen molar-refractivity contribution in [2.45, 2.75) is 53.4 Å². The van der Waals surface area contributed by atoms with E-state index in [0.717, 1.165) is 28.0 Å². The smallest absolute Gasteiger partial charge is 0.227 e. The van der Waals surface area contributed by atoms with Crippen molar-refractivity contribution in [2.24, 2.45) is 0 Å². The van der Waals surface area contributed by atoms with E-state index in [2.05, 4.69) is 96.1 Å². The fraction of sp³-hybridized carbons (Fsp3) is 0.296. The van der Waals surface area contributed by atoms with Gasteiger partial charge in [0.05, 0.1) is 5.69 Å². The third kappa shape index (κ3) is 3.98. The van der Waals surface area contributed by atoms with Gasteiger partial charge in [-0.1, -0.05) is 51.0 Å². The number of aromatic nitrogens is 1. The quantitative estimate of drug-likeness (QED) is 0.356. The Balaban J connectivity index is 1.80. The van der Waals surface area contributed by atoms with Gasteiger partial charge in [-0.3, -0.25) is 0 Å². The van der Waals surface area contributed by atoms with Crippen molar-refractivity contribution in [1.82, 2.24) is 4.98 Å². The van der Waals surface area contributed by atoms with Crippen LogP contribution >= 0.6 is 0 Å². The van der Waals surface area contributed by atoms with Crippen molar-refractivity contribution in [3.63, 3.8) is 0 Å². The van der Waals surface area contributed by atoms with E-state index in [-0.39, 0.29) is 0 Å². The Labute approximate surface area is 173 Å². The highest BCUT2D eigenvalue weighted by Crippen LogP contribution is 2.33. The molecule has 2 heteroatoms. The lowest BCUT2D eigenvalue weighted by Crippen LogP contribution is -1.94. The molecule has 0 atom stereocenters. The molecule has 0 aliphatic rings. The number of nitrogens with zero attached hydrogens (tertiary/aromatic N) is 1. The summed E-state index contributed by atoms with van der Waals surface area (Å²) >= 11 is 0. The van der Waals surface area contributed by atoms with Gasteiger partial charge in [-0.25, -0.2) is 4.98 Å². The molecule has 2 aromatic heterocycles. The Hall–Kier alpha value is -2.87. The molecule has 2 aromatic carbocycles.